The molecule has 0 aliphatic rings. The Labute approximate surface area is 128 Å². The van der Waals surface area contributed by atoms with Gasteiger partial charge in [0.15, 0.2) is 0 Å². The molecular formula is C13H20BrNO4S. The van der Waals surface area contributed by atoms with Gasteiger partial charge >= 0.3 is 0 Å². The summed E-state index contributed by atoms with van der Waals surface area (Å²) in [5.41, 5.74) is 1.11. The number of benzene rings is 1. The molecule has 0 saturated heterocycles. The van der Waals surface area contributed by atoms with E-state index in [1.54, 1.807) is 0 Å². The van der Waals surface area contributed by atoms with Crippen molar-refractivity contribution in [3.63, 3.8) is 0 Å². The number of primary sulfonamides is 1. The van der Waals surface area contributed by atoms with Crippen LogP contribution < -0.4 is 9.88 Å². The van der Waals surface area contributed by atoms with E-state index in [1.807, 2.05) is 18.2 Å². The van der Waals surface area contributed by atoms with Crippen LogP contribution in [0.1, 0.15) is 25.3 Å². The van der Waals surface area contributed by atoms with Gasteiger partial charge in [-0.1, -0.05) is 29.8 Å². The van der Waals surface area contributed by atoms with Crippen molar-refractivity contribution in [2.75, 3.05) is 25.6 Å². The second-order valence-corrected chi connectivity index (χ2v) is 7.31. The molecule has 2 N–H and O–H groups in total. The van der Waals surface area contributed by atoms with Crippen molar-refractivity contribution in [3.8, 4) is 5.75 Å². The molecule has 0 aromatic heterocycles. The molecule has 0 aliphatic heterocycles. The summed E-state index contributed by atoms with van der Waals surface area (Å²) in [5.74, 6) is 0.992. The lowest BCUT2D eigenvalue weighted by molar-refractivity contribution is 0.111. The third-order valence-electron chi connectivity index (χ3n) is 2.59. The number of hydrogen-bond donors (Lipinski definition) is 1. The quantitative estimate of drug-likeness (QED) is 0.716. The van der Waals surface area contributed by atoms with Gasteiger partial charge in [0.05, 0.1) is 19.0 Å². The smallest absolute Gasteiger partial charge is 0.211 e. The fraction of sp³-hybridized carbons (Fsp3) is 0.538. The summed E-state index contributed by atoms with van der Waals surface area (Å²) in [5, 5.41) is 4.87. The monoisotopic (exact) mass is 365 g/mol. The summed E-state index contributed by atoms with van der Waals surface area (Å²) in [6, 6.07) is 5.86. The van der Waals surface area contributed by atoms with Crippen molar-refractivity contribution in [1.82, 2.24) is 0 Å². The van der Waals surface area contributed by atoms with Gasteiger partial charge in [-0.05, 0) is 29.7 Å². The minimum absolute atomic E-state index is 0.0829. The second-order valence-electron chi connectivity index (χ2n) is 4.66. The molecule has 114 valence electrons. The highest BCUT2D eigenvalue weighted by Gasteiger charge is 2.08. The number of hydrogen-bond acceptors (Lipinski definition) is 4. The van der Waals surface area contributed by atoms with Crippen LogP contribution >= 0.6 is 15.9 Å². The zero-order valence-corrected chi connectivity index (χ0v) is 14.0. The highest BCUT2D eigenvalue weighted by molar-refractivity contribution is 9.10. The molecule has 0 radical (unpaired) electrons. The van der Waals surface area contributed by atoms with Gasteiger partial charge in [0, 0.05) is 4.47 Å². The van der Waals surface area contributed by atoms with Crippen LogP contribution in [0.3, 0.4) is 0 Å². The first-order chi connectivity index (χ1) is 9.29. The minimum Gasteiger partial charge on any atom is -0.491 e. The normalized spacial score (nSPS) is 11.8. The zero-order chi connectivity index (χ0) is 15.2. The first-order valence-electron chi connectivity index (χ1n) is 6.30. The van der Waals surface area contributed by atoms with Crippen LogP contribution in [0.4, 0.5) is 0 Å². The minimum atomic E-state index is -3.46. The van der Waals surface area contributed by atoms with E-state index >= 15 is 0 Å². The Balaban J connectivity index is 2.39. The third kappa shape index (κ3) is 6.69. The molecule has 0 amide bonds. The molecule has 0 fully saturated rings. The summed E-state index contributed by atoms with van der Waals surface area (Å²) in [6.07, 6.45) is 0. The highest BCUT2D eigenvalue weighted by atomic mass is 79.9. The molecule has 0 heterocycles. The first kappa shape index (κ1) is 17.4. The maximum absolute atomic E-state index is 10.7. The molecule has 0 unspecified atom stereocenters. The maximum atomic E-state index is 10.7. The standard InChI is InChI=1S/C13H20BrNO4S/c1-10(2)12-9-11(14)3-4-13(12)19-6-5-18-7-8-20(15,16)17/h3-4,9-10H,5-8H2,1-2H3,(H2,15,16,17). The SMILES string of the molecule is CC(C)c1cc(Br)ccc1OCCOCCS(N)(=O)=O. The van der Waals surface area contributed by atoms with E-state index < -0.39 is 10.0 Å². The van der Waals surface area contributed by atoms with E-state index in [2.05, 4.69) is 29.8 Å². The molecule has 1 rings (SSSR count). The van der Waals surface area contributed by atoms with Crippen molar-refractivity contribution in [2.45, 2.75) is 19.8 Å². The highest BCUT2D eigenvalue weighted by Crippen LogP contribution is 2.29. The third-order valence-corrected chi connectivity index (χ3v) is 3.82. The molecule has 1 aromatic rings. The molecule has 5 nitrogen and oxygen atoms in total. The fourth-order valence-corrected chi connectivity index (χ4v) is 2.32. The van der Waals surface area contributed by atoms with Gasteiger partial charge in [-0.15, -0.1) is 0 Å². The predicted octanol–water partition coefficient (Wildman–Crippen LogP) is 2.26. The van der Waals surface area contributed by atoms with Crippen LogP contribution in [0.25, 0.3) is 0 Å². The van der Waals surface area contributed by atoms with Gasteiger partial charge in [0.25, 0.3) is 0 Å². The van der Waals surface area contributed by atoms with Crippen LogP contribution in [0.15, 0.2) is 22.7 Å². The molecule has 0 saturated carbocycles. The lowest BCUT2D eigenvalue weighted by atomic mass is 10.0. The Morgan fingerprint density at radius 1 is 1.25 bits per heavy atom. The van der Waals surface area contributed by atoms with Gasteiger partial charge in [-0.2, -0.15) is 0 Å². The Kier molecular flexibility index (Phi) is 6.94. The van der Waals surface area contributed by atoms with Crippen molar-refractivity contribution in [2.24, 2.45) is 5.14 Å². The van der Waals surface area contributed by atoms with Gasteiger partial charge < -0.3 is 9.47 Å². The van der Waals surface area contributed by atoms with Crippen LogP contribution in [-0.2, 0) is 14.8 Å². The first-order valence-corrected chi connectivity index (χ1v) is 8.81. The van der Waals surface area contributed by atoms with E-state index in [4.69, 9.17) is 14.6 Å². The summed E-state index contributed by atoms with van der Waals surface area (Å²) < 4.78 is 33.2. The summed E-state index contributed by atoms with van der Waals surface area (Å²) in [4.78, 5) is 0. The van der Waals surface area contributed by atoms with Crippen LogP contribution in [0, 0.1) is 0 Å². The lowest BCUT2D eigenvalue weighted by Crippen LogP contribution is -2.21. The fourth-order valence-electron chi connectivity index (χ4n) is 1.59. The van der Waals surface area contributed by atoms with Crippen molar-refractivity contribution >= 4 is 26.0 Å². The predicted molar refractivity (Wildman–Crippen MR) is 82.5 cm³/mol. The Morgan fingerprint density at radius 3 is 2.55 bits per heavy atom. The van der Waals surface area contributed by atoms with Crippen molar-refractivity contribution in [3.05, 3.63) is 28.2 Å². The van der Waals surface area contributed by atoms with Crippen molar-refractivity contribution in [1.29, 1.82) is 0 Å². The Bertz CT molecular complexity index is 531. The lowest BCUT2D eigenvalue weighted by Gasteiger charge is -2.14. The van der Waals surface area contributed by atoms with E-state index in [0.717, 1.165) is 15.8 Å². The molecule has 0 aliphatic carbocycles. The van der Waals surface area contributed by atoms with Crippen LogP contribution in [0.2, 0.25) is 0 Å². The number of halogens is 1. The molecule has 1 aromatic carbocycles. The number of rotatable bonds is 8. The summed E-state index contributed by atoms with van der Waals surface area (Å²) in [7, 11) is -3.46. The van der Waals surface area contributed by atoms with Crippen LogP contribution in [-0.4, -0.2) is 34.0 Å². The van der Waals surface area contributed by atoms with Crippen LogP contribution in [0.5, 0.6) is 5.75 Å². The molecule has 0 atom stereocenters. The van der Waals surface area contributed by atoms with E-state index in [1.165, 1.54) is 0 Å². The van der Waals surface area contributed by atoms with E-state index in [-0.39, 0.29) is 12.4 Å². The van der Waals surface area contributed by atoms with Gasteiger partial charge in [-0.25, -0.2) is 13.6 Å². The Hall–Kier alpha value is -0.630. The zero-order valence-electron chi connectivity index (χ0n) is 11.6. The average Bonchev–Trinajstić information content (AvgIpc) is 2.33. The Morgan fingerprint density at radius 2 is 1.95 bits per heavy atom. The van der Waals surface area contributed by atoms with Gasteiger partial charge in [-0.3, -0.25) is 0 Å². The summed E-state index contributed by atoms with van der Waals surface area (Å²) >= 11 is 3.44. The second kappa shape index (κ2) is 7.97. The molecule has 20 heavy (non-hydrogen) atoms. The van der Waals surface area contributed by atoms with E-state index in [9.17, 15) is 8.42 Å². The van der Waals surface area contributed by atoms with Gasteiger partial charge in [0.2, 0.25) is 10.0 Å². The molecule has 0 bridgehead atoms. The topological polar surface area (TPSA) is 78.6 Å². The number of nitrogens with two attached hydrogens (primary N) is 1. The summed E-state index contributed by atoms with van der Waals surface area (Å²) in [6.45, 7) is 4.96. The maximum Gasteiger partial charge on any atom is 0.211 e. The van der Waals surface area contributed by atoms with Gasteiger partial charge in [0.1, 0.15) is 12.4 Å². The largest absolute Gasteiger partial charge is 0.491 e. The number of sulfonamides is 1. The van der Waals surface area contributed by atoms with E-state index in [0.29, 0.717) is 19.1 Å². The molecule has 0 spiro atoms. The molecule has 7 heteroatoms. The average molecular weight is 366 g/mol. The number of ether oxygens (including phenoxy) is 2. The van der Waals surface area contributed by atoms with Crippen molar-refractivity contribution < 1.29 is 17.9 Å². The molecular weight excluding hydrogens is 346 g/mol.